The zero-order chi connectivity index (χ0) is 58.4. The van der Waals surface area contributed by atoms with Gasteiger partial charge >= 0.3 is 5.97 Å². The van der Waals surface area contributed by atoms with Gasteiger partial charge in [0.2, 0.25) is 17.7 Å². The molecule has 474 valence electrons. The lowest BCUT2D eigenvalue weighted by Gasteiger charge is -2.34. The molecule has 15 heteroatoms. The number of nitrogens with zero attached hydrogens (tertiary/aromatic N) is 4. The van der Waals surface area contributed by atoms with Crippen LogP contribution in [0.2, 0.25) is 0 Å². The summed E-state index contributed by atoms with van der Waals surface area (Å²) in [6.45, 7) is 32.4. The number of amides is 3. The number of para-hydroxylation sites is 3. The first-order valence-electron chi connectivity index (χ1n) is 30.6. The third-order valence-electron chi connectivity index (χ3n) is 15.9. The Morgan fingerprint density at radius 1 is 0.512 bits per heavy atom. The summed E-state index contributed by atoms with van der Waals surface area (Å²) < 4.78 is 5.30. The lowest BCUT2D eigenvalue weighted by Crippen LogP contribution is -2.47. The number of likely N-dealkylation sites (N-methyl/N-ethyl adjacent to an activating group) is 2. The maximum Gasteiger partial charge on any atom is 0.338 e. The number of likely N-dealkylation sites (tertiary alicyclic amines) is 3. The Labute approximate surface area is 522 Å². The smallest absolute Gasteiger partial charge is 0.338 e. The number of hydrogen-bond donors (Lipinski definition) is 4. The topological polar surface area (TPSA) is 139 Å². The number of halogens is 2. The van der Waals surface area contributed by atoms with Crippen LogP contribution in [0.3, 0.4) is 0 Å². The van der Waals surface area contributed by atoms with Gasteiger partial charge in [0.05, 0.1) is 23.7 Å². The number of nitrogens with one attached hydrogen (secondary N) is 4. The van der Waals surface area contributed by atoms with Crippen molar-refractivity contribution in [2.24, 2.45) is 0 Å². The average molecular weight is 1210 g/mol. The number of anilines is 4. The van der Waals surface area contributed by atoms with Crippen LogP contribution >= 0.6 is 24.8 Å². The molecular formula is C69H114Cl2N8O5. The third kappa shape index (κ3) is 26.3. The average Bonchev–Trinajstić information content (AvgIpc) is 3.46. The lowest BCUT2D eigenvalue weighted by molar-refractivity contribution is -0.123. The first-order chi connectivity index (χ1) is 38.6. The van der Waals surface area contributed by atoms with Crippen LogP contribution in [0.1, 0.15) is 183 Å². The summed E-state index contributed by atoms with van der Waals surface area (Å²) in [6, 6.07) is 26.0. The molecule has 0 radical (unpaired) electrons. The molecule has 4 aromatic rings. The van der Waals surface area contributed by atoms with E-state index in [0.29, 0.717) is 12.2 Å². The van der Waals surface area contributed by atoms with Gasteiger partial charge in [-0.05, 0) is 210 Å². The van der Waals surface area contributed by atoms with Crippen LogP contribution in [0.4, 0.5) is 22.7 Å². The number of hydrogen-bond acceptors (Lipinski definition) is 10. The molecule has 3 heterocycles. The number of aryl methyl sites for hydroxylation is 6. The van der Waals surface area contributed by atoms with Crippen molar-refractivity contribution >= 4 is 71.3 Å². The summed E-state index contributed by atoms with van der Waals surface area (Å²) in [6.07, 6.45) is 15.8. The van der Waals surface area contributed by atoms with Gasteiger partial charge in [0, 0.05) is 35.8 Å². The van der Waals surface area contributed by atoms with E-state index in [9.17, 15) is 19.2 Å². The number of rotatable bonds is 21. The van der Waals surface area contributed by atoms with Gasteiger partial charge in [-0.3, -0.25) is 29.1 Å². The summed E-state index contributed by atoms with van der Waals surface area (Å²) >= 11 is 0. The highest BCUT2D eigenvalue weighted by molar-refractivity contribution is 5.97. The van der Waals surface area contributed by atoms with Gasteiger partial charge in [-0.2, -0.15) is 0 Å². The Balaban J connectivity index is 0.00000108. The quantitative estimate of drug-likeness (QED) is 0.0471. The number of unbranched alkanes of at least 4 members (excludes halogenated alkanes) is 2. The van der Waals surface area contributed by atoms with Crippen LogP contribution in [0.15, 0.2) is 78.9 Å². The largest absolute Gasteiger partial charge is 0.461 e. The monoisotopic (exact) mass is 1200 g/mol. The van der Waals surface area contributed by atoms with Crippen LogP contribution in [0.5, 0.6) is 0 Å². The molecule has 4 N–H and O–H groups in total. The van der Waals surface area contributed by atoms with Gasteiger partial charge in [-0.1, -0.05) is 136 Å². The predicted molar refractivity (Wildman–Crippen MR) is 363 cm³/mol. The van der Waals surface area contributed by atoms with Crippen molar-refractivity contribution in [3.8, 4) is 0 Å². The number of carbonyl (C=O) groups is 4. The van der Waals surface area contributed by atoms with E-state index in [1.54, 1.807) is 0 Å². The molecule has 2 unspecified atom stereocenters. The SMILES string of the molecule is C.C.CCCCN1CCCCC1C(=O)Nc1c(C)cccc1C.CCCCNc1ccc(C(=O)OCCN(CC)CC)cc1.CCCN1CCCC[C@H]1C(=O)Nc1c(C)cccc1C.Cc1cccc(C)c1NC(=O)C1CCCCN1C.Cl.Cl. The minimum atomic E-state index is -0.248. The Morgan fingerprint density at radius 2 is 0.905 bits per heavy atom. The number of esters is 1. The lowest BCUT2D eigenvalue weighted by atomic mass is 10.00. The van der Waals surface area contributed by atoms with Crippen LogP contribution in [-0.4, -0.2) is 134 Å². The predicted octanol–water partition coefficient (Wildman–Crippen LogP) is 15.6. The molecular weight excluding hydrogens is 1090 g/mol. The fourth-order valence-corrected chi connectivity index (χ4v) is 10.8. The maximum atomic E-state index is 12.7. The van der Waals surface area contributed by atoms with Crippen LogP contribution < -0.4 is 21.3 Å². The molecule has 0 spiro atoms. The molecule has 0 aromatic heterocycles. The van der Waals surface area contributed by atoms with Gasteiger partial charge in [0.25, 0.3) is 0 Å². The van der Waals surface area contributed by atoms with E-state index in [0.717, 1.165) is 166 Å². The van der Waals surface area contributed by atoms with E-state index in [-0.39, 0.29) is 81.5 Å². The Hall–Kier alpha value is -5.02. The normalized spacial score (nSPS) is 16.7. The third-order valence-corrected chi connectivity index (χ3v) is 15.9. The van der Waals surface area contributed by atoms with E-state index in [4.69, 9.17) is 4.74 Å². The highest BCUT2D eigenvalue weighted by atomic mass is 35.5. The zero-order valence-electron chi connectivity index (χ0n) is 52.4. The molecule has 3 fully saturated rings. The fraction of sp³-hybridized carbons (Fsp3) is 0.594. The van der Waals surface area contributed by atoms with E-state index in [2.05, 4.69) is 101 Å². The summed E-state index contributed by atoms with van der Waals surface area (Å²) in [7, 11) is 2.04. The van der Waals surface area contributed by atoms with Crippen molar-refractivity contribution in [3.63, 3.8) is 0 Å². The van der Waals surface area contributed by atoms with Crippen LogP contribution in [0.25, 0.3) is 0 Å². The van der Waals surface area contributed by atoms with Crippen molar-refractivity contribution in [2.75, 3.05) is 93.8 Å². The van der Waals surface area contributed by atoms with Crippen molar-refractivity contribution < 1.29 is 23.9 Å². The first kappa shape index (κ1) is 79.0. The van der Waals surface area contributed by atoms with Crippen molar-refractivity contribution in [2.45, 2.75) is 199 Å². The maximum absolute atomic E-state index is 12.7. The van der Waals surface area contributed by atoms with Gasteiger partial charge in [0.15, 0.2) is 0 Å². The Bertz CT molecular complexity index is 2430. The Morgan fingerprint density at radius 3 is 1.30 bits per heavy atom. The van der Waals surface area contributed by atoms with E-state index in [1.165, 1.54) is 38.5 Å². The van der Waals surface area contributed by atoms with Crippen LogP contribution in [-0.2, 0) is 19.1 Å². The second-order valence-electron chi connectivity index (χ2n) is 22.2. The highest BCUT2D eigenvalue weighted by Gasteiger charge is 2.30. The molecule has 7 rings (SSSR count). The van der Waals surface area contributed by atoms with Gasteiger partial charge in [0.1, 0.15) is 6.61 Å². The minimum Gasteiger partial charge on any atom is -0.461 e. The molecule has 3 amide bonds. The minimum absolute atomic E-state index is 0. The van der Waals surface area contributed by atoms with E-state index >= 15 is 0 Å². The zero-order valence-corrected chi connectivity index (χ0v) is 54.0. The number of ether oxygens (including phenoxy) is 1. The standard InChI is InChI=1S/C18H28N2O.C17H28N2O2.C17H26N2O.C15H22N2O.2CH4.2ClH/c1-4-5-12-20-13-7-6-11-16(20)18(21)19-17-14(2)9-8-10-15(17)3;1-4-7-12-18-16-10-8-15(9-11-16)17(20)21-14-13-19(5-2)6-3;1-4-11-19-12-6-5-10-15(19)17(20)18-16-13(2)8-7-9-14(16)3;1-11-7-6-8-12(2)14(11)16-15(18)13-9-4-5-10-17(13)3;;;;/h8-10,16H,4-7,11-13H2,1-3H3,(H,19,21);8-11,18H,4-7,12-14H2,1-3H3;7-9,15H,4-6,10-12H2,1-3H3,(H,18,20);6-8,13H,4-5,9-10H2,1-3H3,(H,16,18);2*1H4;2*1H/t;;15-;;;;;/m..0...../s1. The second kappa shape index (κ2) is 43.6. The fourth-order valence-electron chi connectivity index (χ4n) is 10.8. The summed E-state index contributed by atoms with van der Waals surface area (Å²) in [4.78, 5) is 58.6. The number of piperidine rings is 3. The molecule has 3 aliphatic heterocycles. The van der Waals surface area contributed by atoms with E-state index in [1.807, 2.05) is 101 Å². The Kier molecular flexibility index (Phi) is 41.0. The molecule has 3 aliphatic rings. The van der Waals surface area contributed by atoms with Gasteiger partial charge in [-0.25, -0.2) is 4.79 Å². The van der Waals surface area contributed by atoms with Crippen LogP contribution in [0, 0.1) is 41.5 Å². The summed E-state index contributed by atoms with van der Waals surface area (Å²) in [5, 5.41) is 12.8. The number of carbonyl (C=O) groups excluding carboxylic acids is 4. The molecule has 4 aromatic carbocycles. The molecule has 3 atom stereocenters. The molecule has 13 nitrogen and oxygen atoms in total. The molecule has 0 aliphatic carbocycles. The second-order valence-corrected chi connectivity index (χ2v) is 22.2. The number of benzene rings is 4. The highest BCUT2D eigenvalue weighted by Crippen LogP contribution is 2.26. The first-order valence-corrected chi connectivity index (χ1v) is 30.6. The van der Waals surface area contributed by atoms with Gasteiger partial charge in [-0.15, -0.1) is 24.8 Å². The molecule has 0 saturated carbocycles. The van der Waals surface area contributed by atoms with Crippen molar-refractivity contribution in [1.82, 2.24) is 19.6 Å². The van der Waals surface area contributed by atoms with Gasteiger partial charge < -0.3 is 30.9 Å². The van der Waals surface area contributed by atoms with E-state index < -0.39 is 0 Å². The molecule has 0 bridgehead atoms. The summed E-state index contributed by atoms with van der Waals surface area (Å²) in [5.41, 5.74) is 11.4. The summed E-state index contributed by atoms with van der Waals surface area (Å²) in [5.74, 6) is 0.218. The van der Waals surface area contributed by atoms with Crippen molar-refractivity contribution in [1.29, 1.82) is 0 Å². The molecule has 84 heavy (non-hydrogen) atoms. The van der Waals surface area contributed by atoms with Crippen molar-refractivity contribution in [3.05, 3.63) is 118 Å². The molecule has 3 saturated heterocycles.